The molecule has 1 aliphatic rings. The number of anilines is 2. The largest absolute Gasteiger partial charge is 0.489 e. The van der Waals surface area contributed by atoms with Crippen molar-refractivity contribution in [2.45, 2.75) is 0 Å². The van der Waals surface area contributed by atoms with Crippen LogP contribution in [0.1, 0.15) is 0 Å². The molecule has 4 nitrogen and oxygen atoms in total. The summed E-state index contributed by atoms with van der Waals surface area (Å²) in [4.78, 5) is 2.22. The van der Waals surface area contributed by atoms with Gasteiger partial charge in [0.1, 0.15) is 12.4 Å². The van der Waals surface area contributed by atoms with Gasteiger partial charge in [-0.2, -0.15) is 0 Å². The highest BCUT2D eigenvalue weighted by Crippen LogP contribution is 2.32. The molecule has 0 spiro atoms. The summed E-state index contributed by atoms with van der Waals surface area (Å²) in [6.45, 7) is 3.12. The van der Waals surface area contributed by atoms with E-state index in [2.05, 4.69) is 4.90 Å². The zero-order chi connectivity index (χ0) is 9.97. The number of nitrogens with zero attached hydrogens (tertiary/aromatic N) is 1. The summed E-state index contributed by atoms with van der Waals surface area (Å²) in [5, 5.41) is 0. The Kier molecular flexibility index (Phi) is 2.45. The van der Waals surface area contributed by atoms with Crippen molar-refractivity contribution < 1.29 is 4.74 Å². The fraction of sp³-hybridized carbons (Fsp3) is 0.400. The molecule has 4 N–H and O–H groups in total. The summed E-state index contributed by atoms with van der Waals surface area (Å²) in [6, 6.07) is 5.73. The predicted octanol–water partition coefficient (Wildman–Crippen LogP) is 0.426. The van der Waals surface area contributed by atoms with Gasteiger partial charge in [-0.25, -0.2) is 0 Å². The van der Waals surface area contributed by atoms with Gasteiger partial charge in [0.25, 0.3) is 0 Å². The van der Waals surface area contributed by atoms with Crippen LogP contribution >= 0.6 is 0 Å². The minimum absolute atomic E-state index is 0.657. The Morgan fingerprint density at radius 2 is 2.29 bits per heavy atom. The van der Waals surface area contributed by atoms with E-state index in [0.717, 1.165) is 30.2 Å². The van der Waals surface area contributed by atoms with E-state index >= 15 is 0 Å². The molecule has 0 bridgehead atoms. The summed E-state index contributed by atoms with van der Waals surface area (Å²) in [7, 11) is 0. The van der Waals surface area contributed by atoms with Gasteiger partial charge in [0, 0.05) is 24.8 Å². The van der Waals surface area contributed by atoms with Gasteiger partial charge >= 0.3 is 0 Å². The van der Waals surface area contributed by atoms with Crippen molar-refractivity contribution in [3.63, 3.8) is 0 Å². The summed E-state index contributed by atoms with van der Waals surface area (Å²) < 4.78 is 5.52. The molecule has 0 aliphatic carbocycles. The first-order valence-electron chi connectivity index (χ1n) is 4.78. The third-order valence-corrected chi connectivity index (χ3v) is 2.34. The van der Waals surface area contributed by atoms with Crippen LogP contribution in [0.3, 0.4) is 0 Å². The Balaban J connectivity index is 2.30. The van der Waals surface area contributed by atoms with Crippen molar-refractivity contribution in [2.24, 2.45) is 5.73 Å². The average Bonchev–Trinajstić information content (AvgIpc) is 2.18. The van der Waals surface area contributed by atoms with Crippen LogP contribution in [0.2, 0.25) is 0 Å². The predicted molar refractivity (Wildman–Crippen MR) is 57.6 cm³/mol. The van der Waals surface area contributed by atoms with Gasteiger partial charge in [-0.1, -0.05) is 0 Å². The van der Waals surface area contributed by atoms with Gasteiger partial charge in [-0.3, -0.25) is 0 Å². The molecule has 0 aromatic heterocycles. The number of hydrogen-bond acceptors (Lipinski definition) is 4. The van der Waals surface area contributed by atoms with Crippen LogP contribution in [0, 0.1) is 0 Å². The van der Waals surface area contributed by atoms with E-state index in [1.54, 1.807) is 0 Å². The summed E-state index contributed by atoms with van der Waals surface area (Å²) in [6.07, 6.45) is 0. The molecular formula is C10H15N3O. The standard InChI is InChI=1S/C10H15N3O/c11-3-4-13-5-6-14-10-7-8(12)1-2-9(10)13/h1-2,7H,3-6,11-12H2. The number of nitrogen functional groups attached to an aromatic ring is 1. The zero-order valence-electron chi connectivity index (χ0n) is 8.07. The number of benzene rings is 1. The van der Waals surface area contributed by atoms with Gasteiger partial charge in [0.2, 0.25) is 0 Å². The summed E-state index contributed by atoms with van der Waals surface area (Å²) in [5.74, 6) is 0.865. The number of fused-ring (bicyclic) bond motifs is 1. The lowest BCUT2D eigenvalue weighted by molar-refractivity contribution is 0.308. The average molecular weight is 193 g/mol. The number of rotatable bonds is 2. The second kappa shape index (κ2) is 3.75. The topological polar surface area (TPSA) is 64.5 Å². The van der Waals surface area contributed by atoms with Crippen LogP contribution in [0.5, 0.6) is 5.75 Å². The first-order valence-corrected chi connectivity index (χ1v) is 4.78. The van der Waals surface area contributed by atoms with Crippen LogP contribution < -0.4 is 21.1 Å². The highest BCUT2D eigenvalue weighted by Gasteiger charge is 2.16. The van der Waals surface area contributed by atoms with E-state index in [-0.39, 0.29) is 0 Å². The Labute approximate surface area is 83.4 Å². The maximum atomic E-state index is 5.68. The van der Waals surface area contributed by atoms with Gasteiger partial charge in [-0.15, -0.1) is 0 Å². The van der Waals surface area contributed by atoms with Crippen molar-refractivity contribution in [3.8, 4) is 5.75 Å². The minimum atomic E-state index is 0.657. The van der Waals surface area contributed by atoms with Crippen molar-refractivity contribution >= 4 is 11.4 Å². The molecule has 1 aliphatic heterocycles. The maximum absolute atomic E-state index is 5.68. The molecule has 4 heteroatoms. The second-order valence-electron chi connectivity index (χ2n) is 3.35. The molecule has 0 radical (unpaired) electrons. The highest BCUT2D eigenvalue weighted by molar-refractivity contribution is 5.65. The van der Waals surface area contributed by atoms with E-state index in [1.807, 2.05) is 18.2 Å². The lowest BCUT2D eigenvalue weighted by Gasteiger charge is -2.30. The van der Waals surface area contributed by atoms with Crippen molar-refractivity contribution in [1.29, 1.82) is 0 Å². The van der Waals surface area contributed by atoms with Gasteiger partial charge in [0.05, 0.1) is 12.2 Å². The third-order valence-electron chi connectivity index (χ3n) is 2.34. The lowest BCUT2D eigenvalue weighted by atomic mass is 10.2. The highest BCUT2D eigenvalue weighted by atomic mass is 16.5. The molecule has 0 saturated heterocycles. The molecule has 0 fully saturated rings. The smallest absolute Gasteiger partial charge is 0.144 e. The zero-order valence-corrected chi connectivity index (χ0v) is 8.07. The van der Waals surface area contributed by atoms with Gasteiger partial charge < -0.3 is 21.1 Å². The Bertz CT molecular complexity index is 327. The van der Waals surface area contributed by atoms with Crippen LogP contribution in [0.15, 0.2) is 18.2 Å². The molecule has 0 amide bonds. The molecule has 2 rings (SSSR count). The third kappa shape index (κ3) is 1.61. The van der Waals surface area contributed by atoms with Crippen LogP contribution in [0.4, 0.5) is 11.4 Å². The first-order chi connectivity index (χ1) is 6.81. The van der Waals surface area contributed by atoms with Crippen LogP contribution in [-0.4, -0.2) is 26.2 Å². The van der Waals surface area contributed by atoms with Crippen LogP contribution in [0.25, 0.3) is 0 Å². The molecule has 14 heavy (non-hydrogen) atoms. The molecule has 1 aromatic carbocycles. The first kappa shape index (κ1) is 9.15. The van der Waals surface area contributed by atoms with E-state index in [4.69, 9.17) is 16.2 Å². The molecule has 0 unspecified atom stereocenters. The van der Waals surface area contributed by atoms with E-state index in [9.17, 15) is 0 Å². The fourth-order valence-corrected chi connectivity index (χ4v) is 1.68. The van der Waals surface area contributed by atoms with Gasteiger partial charge in [-0.05, 0) is 12.1 Å². The van der Waals surface area contributed by atoms with Crippen molar-refractivity contribution in [3.05, 3.63) is 18.2 Å². The number of hydrogen-bond donors (Lipinski definition) is 2. The molecule has 1 heterocycles. The SMILES string of the molecule is NCCN1CCOc2cc(N)ccc21. The number of ether oxygens (including phenoxy) is 1. The Hall–Kier alpha value is -1.42. The lowest BCUT2D eigenvalue weighted by Crippen LogP contribution is -2.36. The van der Waals surface area contributed by atoms with E-state index in [0.29, 0.717) is 13.2 Å². The van der Waals surface area contributed by atoms with E-state index in [1.165, 1.54) is 0 Å². The molecule has 76 valence electrons. The summed E-state index contributed by atoms with van der Waals surface area (Å²) >= 11 is 0. The van der Waals surface area contributed by atoms with Crippen LogP contribution in [-0.2, 0) is 0 Å². The monoisotopic (exact) mass is 193 g/mol. The van der Waals surface area contributed by atoms with Crippen molar-refractivity contribution in [2.75, 3.05) is 36.9 Å². The molecule has 0 atom stereocenters. The quantitative estimate of drug-likeness (QED) is 0.668. The molecule has 0 saturated carbocycles. The fourth-order valence-electron chi connectivity index (χ4n) is 1.68. The second-order valence-corrected chi connectivity index (χ2v) is 3.35. The van der Waals surface area contributed by atoms with E-state index < -0.39 is 0 Å². The maximum Gasteiger partial charge on any atom is 0.144 e. The van der Waals surface area contributed by atoms with Gasteiger partial charge in [0.15, 0.2) is 0 Å². The molecular weight excluding hydrogens is 178 g/mol. The van der Waals surface area contributed by atoms with Crippen molar-refractivity contribution in [1.82, 2.24) is 0 Å². The summed E-state index contributed by atoms with van der Waals surface area (Å²) in [5.41, 5.74) is 13.0. The molecule has 1 aromatic rings. The Morgan fingerprint density at radius 1 is 1.43 bits per heavy atom. The number of nitrogens with two attached hydrogens (primary N) is 2. The minimum Gasteiger partial charge on any atom is -0.489 e. The Morgan fingerprint density at radius 3 is 3.07 bits per heavy atom. The normalized spacial score (nSPS) is 14.8.